The van der Waals surface area contributed by atoms with E-state index in [1.807, 2.05) is 0 Å². The number of nitrogens with one attached hydrogen (secondary N) is 1. The van der Waals surface area contributed by atoms with Crippen molar-refractivity contribution in [3.8, 4) is 11.4 Å². The molecule has 126 valence electrons. The van der Waals surface area contributed by atoms with E-state index in [-0.39, 0.29) is 6.54 Å². The van der Waals surface area contributed by atoms with E-state index in [2.05, 4.69) is 20.7 Å². The molecule has 3 aromatic rings. The molecule has 25 heavy (non-hydrogen) atoms. The quantitative estimate of drug-likeness (QED) is 0.724. The molecule has 2 amide bonds. The summed E-state index contributed by atoms with van der Waals surface area (Å²) >= 11 is 0. The van der Waals surface area contributed by atoms with Crippen LogP contribution >= 0.6 is 0 Å². The predicted octanol–water partition coefficient (Wildman–Crippen LogP) is 1.22. The maximum Gasteiger partial charge on any atom is 0.248 e. The third-order valence-electron chi connectivity index (χ3n) is 3.27. The molecule has 0 saturated heterocycles. The van der Waals surface area contributed by atoms with E-state index < -0.39 is 17.6 Å². The van der Waals surface area contributed by atoms with Gasteiger partial charge < -0.3 is 11.1 Å². The van der Waals surface area contributed by atoms with Gasteiger partial charge in [0.25, 0.3) is 0 Å². The second kappa shape index (κ2) is 6.87. The van der Waals surface area contributed by atoms with Gasteiger partial charge in [0.2, 0.25) is 17.6 Å². The lowest BCUT2D eigenvalue weighted by molar-refractivity contribution is -0.117. The zero-order valence-corrected chi connectivity index (χ0v) is 12.9. The van der Waals surface area contributed by atoms with Crippen molar-refractivity contribution >= 4 is 17.5 Å². The highest BCUT2D eigenvalue weighted by Crippen LogP contribution is 2.14. The van der Waals surface area contributed by atoms with Gasteiger partial charge in [-0.15, -0.1) is 10.2 Å². The van der Waals surface area contributed by atoms with E-state index in [1.165, 1.54) is 18.2 Å². The fourth-order valence-electron chi connectivity index (χ4n) is 2.10. The van der Waals surface area contributed by atoms with Crippen LogP contribution < -0.4 is 11.1 Å². The number of hydrogen-bond acceptors (Lipinski definition) is 5. The summed E-state index contributed by atoms with van der Waals surface area (Å²) in [5, 5.41) is 14.3. The van der Waals surface area contributed by atoms with Crippen molar-refractivity contribution < 1.29 is 14.0 Å². The van der Waals surface area contributed by atoms with Gasteiger partial charge in [0, 0.05) is 16.8 Å². The first-order valence-corrected chi connectivity index (χ1v) is 7.25. The highest BCUT2D eigenvalue weighted by Gasteiger charge is 2.10. The monoisotopic (exact) mass is 340 g/mol. The number of nitrogens with zero attached hydrogens (tertiary/aromatic N) is 4. The number of benzene rings is 2. The standard InChI is InChI=1S/C16H13FN6O2/c17-12-2-1-3-13(8-12)19-14(24)9-23-21-16(20-22-23)11-6-4-10(5-7-11)15(18)25/h1-8H,9H2,(H2,18,25)(H,19,24). The number of rotatable bonds is 5. The minimum absolute atomic E-state index is 0.178. The van der Waals surface area contributed by atoms with Gasteiger partial charge in [0.1, 0.15) is 12.4 Å². The molecule has 0 radical (unpaired) electrons. The van der Waals surface area contributed by atoms with E-state index in [0.29, 0.717) is 22.6 Å². The smallest absolute Gasteiger partial charge is 0.248 e. The van der Waals surface area contributed by atoms with Crippen molar-refractivity contribution in [2.75, 3.05) is 5.32 Å². The molecule has 3 N–H and O–H groups in total. The Morgan fingerprint density at radius 2 is 1.92 bits per heavy atom. The summed E-state index contributed by atoms with van der Waals surface area (Å²) in [5.41, 5.74) is 6.51. The van der Waals surface area contributed by atoms with Crippen LogP contribution in [0.1, 0.15) is 10.4 Å². The number of tetrazole rings is 1. The van der Waals surface area contributed by atoms with Crippen molar-refractivity contribution in [3.05, 3.63) is 59.9 Å². The third-order valence-corrected chi connectivity index (χ3v) is 3.27. The molecule has 1 aromatic heterocycles. The minimum atomic E-state index is -0.530. The number of primary amides is 1. The predicted molar refractivity (Wildman–Crippen MR) is 86.8 cm³/mol. The van der Waals surface area contributed by atoms with Crippen LogP contribution in [0.15, 0.2) is 48.5 Å². The SMILES string of the molecule is NC(=O)c1ccc(-c2nnn(CC(=O)Nc3cccc(F)c3)n2)cc1. The molecule has 0 bridgehead atoms. The van der Waals surface area contributed by atoms with Crippen molar-refractivity contribution in [1.82, 2.24) is 20.2 Å². The molecule has 0 saturated carbocycles. The molecule has 0 aliphatic carbocycles. The summed E-state index contributed by atoms with van der Waals surface area (Å²) in [6.07, 6.45) is 0. The molecular formula is C16H13FN6O2. The Balaban J connectivity index is 1.67. The Bertz CT molecular complexity index is 922. The van der Waals surface area contributed by atoms with Crippen LogP contribution in [0.5, 0.6) is 0 Å². The van der Waals surface area contributed by atoms with Crippen molar-refractivity contribution in [2.45, 2.75) is 6.54 Å². The topological polar surface area (TPSA) is 116 Å². The first kappa shape index (κ1) is 16.2. The van der Waals surface area contributed by atoms with Gasteiger partial charge in [-0.3, -0.25) is 9.59 Å². The summed E-state index contributed by atoms with van der Waals surface area (Å²) in [6.45, 7) is -0.178. The van der Waals surface area contributed by atoms with E-state index in [1.54, 1.807) is 30.3 Å². The van der Waals surface area contributed by atoms with E-state index in [9.17, 15) is 14.0 Å². The Morgan fingerprint density at radius 3 is 2.60 bits per heavy atom. The maximum absolute atomic E-state index is 13.1. The van der Waals surface area contributed by atoms with Crippen molar-refractivity contribution in [2.24, 2.45) is 5.73 Å². The van der Waals surface area contributed by atoms with Crippen molar-refractivity contribution in [3.63, 3.8) is 0 Å². The fraction of sp³-hybridized carbons (Fsp3) is 0.0625. The summed E-state index contributed by atoms with van der Waals surface area (Å²) in [5.74, 6) is -1.09. The number of aromatic nitrogens is 4. The molecule has 0 aliphatic heterocycles. The lowest BCUT2D eigenvalue weighted by atomic mass is 10.1. The zero-order valence-electron chi connectivity index (χ0n) is 12.9. The number of carbonyl (C=O) groups is 2. The highest BCUT2D eigenvalue weighted by molar-refractivity contribution is 5.93. The zero-order chi connectivity index (χ0) is 17.8. The summed E-state index contributed by atoms with van der Waals surface area (Å²) in [7, 11) is 0. The average molecular weight is 340 g/mol. The number of anilines is 1. The van der Waals surface area contributed by atoms with Crippen LogP contribution in [-0.4, -0.2) is 32.0 Å². The van der Waals surface area contributed by atoms with Gasteiger partial charge in [-0.25, -0.2) is 4.39 Å². The molecule has 9 heteroatoms. The summed E-state index contributed by atoms with van der Waals surface area (Å²) in [4.78, 5) is 24.1. The lowest BCUT2D eigenvalue weighted by Gasteiger charge is -2.04. The number of nitrogens with two attached hydrogens (primary N) is 1. The van der Waals surface area contributed by atoms with Gasteiger partial charge >= 0.3 is 0 Å². The second-order valence-electron chi connectivity index (χ2n) is 5.14. The average Bonchev–Trinajstić information content (AvgIpc) is 3.03. The van der Waals surface area contributed by atoms with Gasteiger partial charge in [0.15, 0.2) is 0 Å². The van der Waals surface area contributed by atoms with Gasteiger partial charge in [0.05, 0.1) is 0 Å². The minimum Gasteiger partial charge on any atom is -0.366 e. The molecule has 0 fully saturated rings. The Morgan fingerprint density at radius 1 is 1.16 bits per heavy atom. The molecule has 0 spiro atoms. The maximum atomic E-state index is 13.1. The first-order chi connectivity index (χ1) is 12.0. The summed E-state index contributed by atoms with van der Waals surface area (Å²) < 4.78 is 13.1. The van der Waals surface area contributed by atoms with Crippen LogP contribution in [0, 0.1) is 5.82 Å². The van der Waals surface area contributed by atoms with Gasteiger partial charge in [-0.1, -0.05) is 18.2 Å². The van der Waals surface area contributed by atoms with E-state index in [4.69, 9.17) is 5.73 Å². The Kier molecular flexibility index (Phi) is 4.46. The molecule has 8 nitrogen and oxygen atoms in total. The molecule has 0 unspecified atom stereocenters. The second-order valence-corrected chi connectivity index (χ2v) is 5.14. The Labute approximate surface area is 141 Å². The van der Waals surface area contributed by atoms with E-state index in [0.717, 1.165) is 4.80 Å². The molecular weight excluding hydrogens is 327 g/mol. The normalized spacial score (nSPS) is 10.4. The first-order valence-electron chi connectivity index (χ1n) is 7.25. The van der Waals surface area contributed by atoms with Crippen LogP contribution in [0.3, 0.4) is 0 Å². The largest absolute Gasteiger partial charge is 0.366 e. The van der Waals surface area contributed by atoms with Crippen LogP contribution in [0.25, 0.3) is 11.4 Å². The Hall–Kier alpha value is -3.62. The van der Waals surface area contributed by atoms with Crippen LogP contribution in [0.4, 0.5) is 10.1 Å². The number of hydrogen-bond donors (Lipinski definition) is 2. The van der Waals surface area contributed by atoms with Gasteiger partial charge in [-0.2, -0.15) is 4.80 Å². The molecule has 3 rings (SSSR count). The van der Waals surface area contributed by atoms with Gasteiger partial charge in [-0.05, 0) is 35.5 Å². The number of halogens is 1. The third kappa shape index (κ3) is 4.02. The van der Waals surface area contributed by atoms with Crippen LogP contribution in [-0.2, 0) is 11.3 Å². The van der Waals surface area contributed by atoms with E-state index >= 15 is 0 Å². The van der Waals surface area contributed by atoms with Crippen molar-refractivity contribution in [1.29, 1.82) is 0 Å². The summed E-state index contributed by atoms with van der Waals surface area (Å²) in [6, 6.07) is 11.9. The number of amides is 2. The highest BCUT2D eigenvalue weighted by atomic mass is 19.1. The lowest BCUT2D eigenvalue weighted by Crippen LogP contribution is -2.20. The fourth-order valence-corrected chi connectivity index (χ4v) is 2.10. The molecule has 0 atom stereocenters. The number of carbonyl (C=O) groups excluding carboxylic acids is 2. The molecule has 0 aliphatic rings. The molecule has 1 heterocycles. The molecule has 2 aromatic carbocycles. The van der Waals surface area contributed by atoms with Crippen LogP contribution in [0.2, 0.25) is 0 Å².